The van der Waals surface area contributed by atoms with Gasteiger partial charge in [-0.2, -0.15) is 0 Å². The van der Waals surface area contributed by atoms with E-state index >= 15 is 0 Å². The normalized spacial score (nSPS) is 23.7. The van der Waals surface area contributed by atoms with E-state index in [1.807, 2.05) is 6.20 Å². The van der Waals surface area contributed by atoms with Crippen molar-refractivity contribution in [1.29, 1.82) is 0 Å². The van der Waals surface area contributed by atoms with Gasteiger partial charge in [-0.1, -0.05) is 13.8 Å². The Morgan fingerprint density at radius 2 is 2.28 bits per heavy atom. The van der Waals surface area contributed by atoms with Crippen LogP contribution in [0.4, 0.5) is 0 Å². The number of hydrogen-bond acceptors (Lipinski definition) is 4. The van der Waals surface area contributed by atoms with Crippen molar-refractivity contribution < 1.29 is 9.15 Å². The zero-order valence-corrected chi connectivity index (χ0v) is 11.4. The first-order valence-electron chi connectivity index (χ1n) is 7.12. The molecule has 4 nitrogen and oxygen atoms in total. The predicted octanol–water partition coefficient (Wildman–Crippen LogP) is 2.50. The summed E-state index contributed by atoms with van der Waals surface area (Å²) in [6, 6.07) is 0. The Bertz CT molecular complexity index is 351. The highest BCUT2D eigenvalue weighted by Gasteiger charge is 2.30. The second-order valence-corrected chi connectivity index (χ2v) is 4.87. The van der Waals surface area contributed by atoms with Crippen molar-refractivity contribution in [2.24, 2.45) is 0 Å². The Labute approximate surface area is 109 Å². The molecule has 2 heterocycles. The number of oxazole rings is 1. The van der Waals surface area contributed by atoms with E-state index in [0.29, 0.717) is 12.0 Å². The van der Waals surface area contributed by atoms with Crippen LogP contribution in [0.5, 0.6) is 0 Å². The van der Waals surface area contributed by atoms with E-state index in [1.54, 1.807) is 0 Å². The molecule has 1 N–H and O–H groups in total. The van der Waals surface area contributed by atoms with E-state index in [9.17, 15) is 0 Å². The zero-order chi connectivity index (χ0) is 12.8. The molecule has 0 saturated carbocycles. The lowest BCUT2D eigenvalue weighted by Crippen LogP contribution is -2.17. The van der Waals surface area contributed by atoms with Crippen LogP contribution in [-0.2, 0) is 11.2 Å². The highest BCUT2D eigenvalue weighted by molar-refractivity contribution is 5.06. The third-order valence-corrected chi connectivity index (χ3v) is 3.49. The van der Waals surface area contributed by atoms with Crippen LogP contribution in [0.3, 0.4) is 0 Å². The molecule has 1 fully saturated rings. The number of nitrogens with zero attached hydrogens (tertiary/aromatic N) is 1. The number of nitrogens with one attached hydrogen (secondary N) is 1. The SMILES string of the molecule is CCCNCCc1ncc(C2CCOC2CC)o1. The van der Waals surface area contributed by atoms with Crippen molar-refractivity contribution in [2.45, 2.75) is 51.6 Å². The molecule has 1 saturated heterocycles. The van der Waals surface area contributed by atoms with Gasteiger partial charge < -0.3 is 14.5 Å². The largest absolute Gasteiger partial charge is 0.445 e. The average Bonchev–Trinajstić information content (AvgIpc) is 3.02. The number of aromatic nitrogens is 1. The second-order valence-electron chi connectivity index (χ2n) is 4.87. The van der Waals surface area contributed by atoms with Crippen LogP contribution in [0.2, 0.25) is 0 Å². The summed E-state index contributed by atoms with van der Waals surface area (Å²) in [6.07, 6.45) is 6.32. The maximum atomic E-state index is 5.85. The Balaban J connectivity index is 1.85. The quantitative estimate of drug-likeness (QED) is 0.757. The molecule has 1 aliphatic rings. The van der Waals surface area contributed by atoms with Crippen LogP contribution in [0.15, 0.2) is 10.6 Å². The lowest BCUT2D eigenvalue weighted by atomic mass is 9.97. The van der Waals surface area contributed by atoms with Crippen molar-refractivity contribution in [3.8, 4) is 0 Å². The van der Waals surface area contributed by atoms with Gasteiger partial charge in [-0.25, -0.2) is 4.98 Å². The van der Waals surface area contributed by atoms with Gasteiger partial charge in [0, 0.05) is 25.5 Å². The van der Waals surface area contributed by atoms with Crippen LogP contribution < -0.4 is 5.32 Å². The van der Waals surface area contributed by atoms with E-state index in [-0.39, 0.29) is 0 Å². The summed E-state index contributed by atoms with van der Waals surface area (Å²) in [4.78, 5) is 4.36. The van der Waals surface area contributed by atoms with Crippen molar-refractivity contribution in [1.82, 2.24) is 10.3 Å². The van der Waals surface area contributed by atoms with Crippen molar-refractivity contribution in [2.75, 3.05) is 19.7 Å². The van der Waals surface area contributed by atoms with Gasteiger partial charge in [-0.05, 0) is 25.8 Å². The third kappa shape index (κ3) is 3.33. The monoisotopic (exact) mass is 252 g/mol. The third-order valence-electron chi connectivity index (χ3n) is 3.49. The number of rotatable bonds is 7. The second kappa shape index (κ2) is 6.90. The minimum absolute atomic E-state index is 0.309. The summed E-state index contributed by atoms with van der Waals surface area (Å²) in [7, 11) is 0. The van der Waals surface area contributed by atoms with E-state index in [0.717, 1.165) is 57.0 Å². The molecule has 18 heavy (non-hydrogen) atoms. The molecule has 1 aromatic heterocycles. The summed E-state index contributed by atoms with van der Waals surface area (Å²) in [6.45, 7) is 7.17. The zero-order valence-electron chi connectivity index (χ0n) is 11.4. The number of ether oxygens (including phenoxy) is 1. The fourth-order valence-electron chi connectivity index (χ4n) is 2.48. The molecule has 0 aromatic carbocycles. The first-order chi connectivity index (χ1) is 8.85. The molecule has 2 rings (SSSR count). The molecule has 2 atom stereocenters. The Hall–Kier alpha value is -0.870. The molecular weight excluding hydrogens is 228 g/mol. The minimum Gasteiger partial charge on any atom is -0.445 e. The fourth-order valence-corrected chi connectivity index (χ4v) is 2.48. The molecule has 1 aromatic rings. The van der Waals surface area contributed by atoms with E-state index < -0.39 is 0 Å². The van der Waals surface area contributed by atoms with Crippen LogP contribution in [-0.4, -0.2) is 30.8 Å². The van der Waals surface area contributed by atoms with Crippen LogP contribution in [0.25, 0.3) is 0 Å². The molecule has 0 spiro atoms. The smallest absolute Gasteiger partial charge is 0.195 e. The highest BCUT2D eigenvalue weighted by atomic mass is 16.5. The highest BCUT2D eigenvalue weighted by Crippen LogP contribution is 2.33. The molecule has 0 aliphatic carbocycles. The Kier molecular flexibility index (Phi) is 5.20. The van der Waals surface area contributed by atoms with Gasteiger partial charge in [0.1, 0.15) is 5.76 Å². The van der Waals surface area contributed by atoms with Gasteiger partial charge in [0.15, 0.2) is 5.89 Å². The van der Waals surface area contributed by atoms with E-state index in [2.05, 4.69) is 24.1 Å². The van der Waals surface area contributed by atoms with Gasteiger partial charge in [-0.15, -0.1) is 0 Å². The van der Waals surface area contributed by atoms with Crippen LogP contribution in [0, 0.1) is 0 Å². The lowest BCUT2D eigenvalue weighted by Gasteiger charge is -2.13. The van der Waals surface area contributed by atoms with Gasteiger partial charge in [0.25, 0.3) is 0 Å². The van der Waals surface area contributed by atoms with Crippen molar-refractivity contribution in [3.05, 3.63) is 17.8 Å². The maximum absolute atomic E-state index is 5.85. The summed E-state index contributed by atoms with van der Waals surface area (Å²) in [5, 5.41) is 3.36. The average molecular weight is 252 g/mol. The first-order valence-corrected chi connectivity index (χ1v) is 7.12. The molecule has 102 valence electrons. The van der Waals surface area contributed by atoms with Gasteiger partial charge in [-0.3, -0.25) is 0 Å². The molecule has 2 unspecified atom stereocenters. The number of hydrogen-bond donors (Lipinski definition) is 1. The Morgan fingerprint density at radius 1 is 1.39 bits per heavy atom. The summed E-state index contributed by atoms with van der Waals surface area (Å²) < 4.78 is 11.5. The van der Waals surface area contributed by atoms with E-state index in [1.165, 1.54) is 0 Å². The first kappa shape index (κ1) is 13.6. The van der Waals surface area contributed by atoms with Crippen molar-refractivity contribution >= 4 is 0 Å². The molecule has 0 radical (unpaired) electrons. The summed E-state index contributed by atoms with van der Waals surface area (Å²) >= 11 is 0. The van der Waals surface area contributed by atoms with Crippen LogP contribution >= 0.6 is 0 Å². The standard InChI is InChI=1S/C14H24N2O2/c1-3-7-15-8-5-14-16-10-13(18-14)11-6-9-17-12(11)4-2/h10-12,15H,3-9H2,1-2H3. The van der Waals surface area contributed by atoms with Gasteiger partial charge in [0.2, 0.25) is 0 Å². The Morgan fingerprint density at radius 3 is 3.06 bits per heavy atom. The summed E-state index contributed by atoms with van der Waals surface area (Å²) in [5.74, 6) is 2.25. The topological polar surface area (TPSA) is 47.3 Å². The molecular formula is C14H24N2O2. The predicted molar refractivity (Wildman–Crippen MR) is 70.8 cm³/mol. The minimum atomic E-state index is 0.309. The molecule has 0 bridgehead atoms. The maximum Gasteiger partial charge on any atom is 0.195 e. The van der Waals surface area contributed by atoms with Gasteiger partial charge >= 0.3 is 0 Å². The summed E-state index contributed by atoms with van der Waals surface area (Å²) in [5.41, 5.74) is 0. The van der Waals surface area contributed by atoms with Gasteiger partial charge in [0.05, 0.1) is 12.3 Å². The molecule has 4 heteroatoms. The van der Waals surface area contributed by atoms with Crippen LogP contribution in [0.1, 0.15) is 50.7 Å². The molecule has 0 amide bonds. The lowest BCUT2D eigenvalue weighted by molar-refractivity contribution is 0.0971. The van der Waals surface area contributed by atoms with Crippen molar-refractivity contribution in [3.63, 3.8) is 0 Å². The molecule has 1 aliphatic heterocycles. The van der Waals surface area contributed by atoms with E-state index in [4.69, 9.17) is 9.15 Å². The fraction of sp³-hybridized carbons (Fsp3) is 0.786.